The number of Topliss-reactive ketones (excluding diaryl/α,β-unsaturated/α-hetero) is 1. The summed E-state index contributed by atoms with van der Waals surface area (Å²) in [5.74, 6) is -0.610. The highest BCUT2D eigenvalue weighted by Crippen LogP contribution is 2.40. The second kappa shape index (κ2) is 8.84. The first kappa shape index (κ1) is 21.1. The van der Waals surface area contributed by atoms with Gasteiger partial charge in [-0.2, -0.15) is 0 Å². The van der Waals surface area contributed by atoms with Gasteiger partial charge < -0.3 is 19.2 Å². The molecule has 7 heteroatoms. The molecule has 1 atom stereocenters. The van der Waals surface area contributed by atoms with Crippen LogP contribution in [0.5, 0.6) is 0 Å². The molecule has 1 aliphatic rings. The molecule has 1 fully saturated rings. The van der Waals surface area contributed by atoms with Crippen molar-refractivity contribution in [2.75, 3.05) is 13.2 Å². The van der Waals surface area contributed by atoms with E-state index in [1.807, 2.05) is 13.8 Å². The van der Waals surface area contributed by atoms with Crippen LogP contribution in [0, 0.1) is 6.92 Å². The predicted octanol–water partition coefficient (Wildman–Crippen LogP) is 4.48. The molecule has 1 unspecified atom stereocenters. The van der Waals surface area contributed by atoms with Gasteiger partial charge in [0.1, 0.15) is 23.3 Å². The Hall–Kier alpha value is -2.57. The monoisotopic (exact) mass is 417 g/mol. The number of likely N-dealkylation sites (tertiary alicyclic amines) is 1. The Morgan fingerprint density at radius 3 is 2.66 bits per heavy atom. The average molecular weight is 418 g/mol. The van der Waals surface area contributed by atoms with E-state index in [9.17, 15) is 14.7 Å². The van der Waals surface area contributed by atoms with Crippen molar-refractivity contribution in [3.8, 4) is 0 Å². The van der Waals surface area contributed by atoms with E-state index in [4.69, 9.17) is 20.8 Å². The Kier molecular flexibility index (Phi) is 6.45. The number of carbonyl (C=O) groups excluding carboxylic acids is 2. The summed E-state index contributed by atoms with van der Waals surface area (Å²) in [4.78, 5) is 27.0. The van der Waals surface area contributed by atoms with E-state index in [0.29, 0.717) is 41.7 Å². The summed E-state index contributed by atoms with van der Waals surface area (Å²) in [7, 11) is 0. The van der Waals surface area contributed by atoms with Crippen molar-refractivity contribution >= 4 is 29.1 Å². The molecule has 1 aliphatic heterocycles. The Balaban J connectivity index is 2.01. The van der Waals surface area contributed by atoms with Gasteiger partial charge >= 0.3 is 0 Å². The third-order valence-corrected chi connectivity index (χ3v) is 4.90. The van der Waals surface area contributed by atoms with Crippen LogP contribution in [0.15, 0.2) is 46.4 Å². The van der Waals surface area contributed by atoms with Gasteiger partial charge in [-0.25, -0.2) is 0 Å². The van der Waals surface area contributed by atoms with Crippen LogP contribution in [-0.4, -0.2) is 41.0 Å². The first-order valence-corrected chi connectivity index (χ1v) is 9.89. The van der Waals surface area contributed by atoms with E-state index in [-0.39, 0.29) is 17.4 Å². The fraction of sp³-hybridized carbons (Fsp3) is 0.364. The van der Waals surface area contributed by atoms with Gasteiger partial charge in [-0.15, -0.1) is 0 Å². The van der Waals surface area contributed by atoms with Crippen LogP contribution in [0.1, 0.15) is 43.4 Å². The normalized spacial score (nSPS) is 18.8. The number of hydrogen-bond acceptors (Lipinski definition) is 5. The number of carbonyl (C=O) groups is 2. The molecule has 1 N–H and O–H groups in total. The van der Waals surface area contributed by atoms with Crippen molar-refractivity contribution in [1.29, 1.82) is 0 Å². The Morgan fingerprint density at radius 2 is 2.03 bits per heavy atom. The smallest absolute Gasteiger partial charge is 0.295 e. The van der Waals surface area contributed by atoms with Crippen molar-refractivity contribution < 1.29 is 23.8 Å². The van der Waals surface area contributed by atoms with Gasteiger partial charge in [0, 0.05) is 23.7 Å². The number of aryl methyl sites for hydroxylation is 1. The minimum absolute atomic E-state index is 0.00334. The number of rotatable bonds is 7. The molecule has 0 saturated carbocycles. The highest BCUT2D eigenvalue weighted by atomic mass is 35.5. The molecule has 2 heterocycles. The van der Waals surface area contributed by atoms with Gasteiger partial charge in [-0.1, -0.05) is 23.7 Å². The Morgan fingerprint density at radius 1 is 1.28 bits per heavy atom. The number of ether oxygens (including phenoxy) is 1. The SMILES string of the molecule is Cc1ccc(C2/C(=C(/O)c3cccc(Cl)c3)C(=O)C(=O)N2CCCOC(C)C)o1. The van der Waals surface area contributed by atoms with Crippen molar-refractivity contribution in [2.45, 2.75) is 39.3 Å². The maximum absolute atomic E-state index is 12.8. The zero-order valence-corrected chi connectivity index (χ0v) is 17.4. The van der Waals surface area contributed by atoms with Crippen LogP contribution in [0.4, 0.5) is 0 Å². The second-order valence-electron chi connectivity index (χ2n) is 7.22. The molecule has 29 heavy (non-hydrogen) atoms. The summed E-state index contributed by atoms with van der Waals surface area (Å²) in [6, 6.07) is 9.19. The second-order valence-corrected chi connectivity index (χ2v) is 7.66. The summed E-state index contributed by atoms with van der Waals surface area (Å²) in [5.41, 5.74) is 0.364. The van der Waals surface area contributed by atoms with Gasteiger partial charge in [-0.05, 0) is 51.5 Å². The van der Waals surface area contributed by atoms with E-state index in [2.05, 4.69) is 0 Å². The van der Waals surface area contributed by atoms with Crippen LogP contribution in [-0.2, 0) is 14.3 Å². The van der Waals surface area contributed by atoms with Crippen molar-refractivity contribution in [2.24, 2.45) is 0 Å². The van der Waals surface area contributed by atoms with E-state index in [1.54, 1.807) is 43.3 Å². The lowest BCUT2D eigenvalue weighted by atomic mass is 9.99. The topological polar surface area (TPSA) is 80.0 Å². The largest absolute Gasteiger partial charge is 0.507 e. The number of amides is 1. The minimum atomic E-state index is -0.804. The summed E-state index contributed by atoms with van der Waals surface area (Å²) < 4.78 is 11.3. The molecule has 0 radical (unpaired) electrons. The maximum atomic E-state index is 12.8. The van der Waals surface area contributed by atoms with E-state index in [0.717, 1.165) is 0 Å². The van der Waals surface area contributed by atoms with Crippen molar-refractivity contribution in [1.82, 2.24) is 4.90 Å². The molecule has 1 amide bonds. The standard InChI is InChI=1S/C22H24ClNO5/c1-13(2)28-11-5-10-24-19(17-9-8-14(3)29-17)18(21(26)22(24)27)20(25)15-6-4-7-16(23)12-15/h4,6-9,12-13,19,25H,5,10-11H2,1-3H3/b20-18-. The Labute approximate surface area is 174 Å². The predicted molar refractivity (Wildman–Crippen MR) is 110 cm³/mol. The molecule has 1 aromatic heterocycles. The summed E-state index contributed by atoms with van der Waals surface area (Å²) in [5, 5.41) is 11.3. The van der Waals surface area contributed by atoms with Crippen molar-refractivity contribution in [3.05, 3.63) is 64.1 Å². The number of nitrogens with zero attached hydrogens (tertiary/aromatic N) is 1. The van der Waals surface area contributed by atoms with Crippen molar-refractivity contribution in [3.63, 3.8) is 0 Å². The first-order chi connectivity index (χ1) is 13.8. The number of aliphatic hydroxyl groups is 1. The molecule has 0 spiro atoms. The van der Waals surface area contributed by atoms with E-state index >= 15 is 0 Å². The zero-order valence-electron chi connectivity index (χ0n) is 16.6. The summed E-state index contributed by atoms with van der Waals surface area (Å²) in [6.45, 7) is 6.40. The number of furan rings is 1. The number of benzene rings is 1. The third kappa shape index (κ3) is 4.54. The molecule has 0 bridgehead atoms. The number of halogens is 1. The first-order valence-electron chi connectivity index (χ1n) is 9.52. The fourth-order valence-electron chi connectivity index (χ4n) is 3.35. The summed E-state index contributed by atoms with van der Waals surface area (Å²) >= 11 is 6.03. The zero-order chi connectivity index (χ0) is 21.1. The molecule has 1 aromatic carbocycles. The Bertz CT molecular complexity index is 946. The number of aliphatic hydroxyl groups excluding tert-OH is 1. The van der Waals surface area contributed by atoms with Gasteiger partial charge in [0.2, 0.25) is 0 Å². The highest BCUT2D eigenvalue weighted by Gasteiger charge is 2.47. The molecule has 3 rings (SSSR count). The van der Waals surface area contributed by atoms with Gasteiger partial charge in [0.05, 0.1) is 11.7 Å². The quantitative estimate of drug-likeness (QED) is 0.311. The van der Waals surface area contributed by atoms with Crippen LogP contribution in [0.3, 0.4) is 0 Å². The maximum Gasteiger partial charge on any atom is 0.295 e. The van der Waals surface area contributed by atoms with Gasteiger partial charge in [0.25, 0.3) is 11.7 Å². The molecular formula is C22H24ClNO5. The lowest BCUT2D eigenvalue weighted by Crippen LogP contribution is -2.31. The van der Waals surface area contributed by atoms with Crippen LogP contribution in [0.2, 0.25) is 5.02 Å². The molecular weight excluding hydrogens is 394 g/mol. The van der Waals surface area contributed by atoms with Gasteiger partial charge in [-0.3, -0.25) is 9.59 Å². The lowest BCUT2D eigenvalue weighted by Gasteiger charge is -2.23. The fourth-order valence-corrected chi connectivity index (χ4v) is 3.54. The van der Waals surface area contributed by atoms with Crippen LogP contribution >= 0.6 is 11.6 Å². The lowest BCUT2D eigenvalue weighted by molar-refractivity contribution is -0.140. The van der Waals surface area contributed by atoms with E-state index in [1.165, 1.54) is 4.90 Å². The minimum Gasteiger partial charge on any atom is -0.507 e. The molecule has 0 aliphatic carbocycles. The molecule has 2 aromatic rings. The average Bonchev–Trinajstić information content (AvgIpc) is 3.20. The molecule has 154 valence electrons. The summed E-state index contributed by atoms with van der Waals surface area (Å²) in [6.07, 6.45) is 0.634. The van der Waals surface area contributed by atoms with E-state index < -0.39 is 17.7 Å². The highest BCUT2D eigenvalue weighted by molar-refractivity contribution is 6.46. The molecule has 1 saturated heterocycles. The molecule has 6 nitrogen and oxygen atoms in total. The third-order valence-electron chi connectivity index (χ3n) is 4.66. The van der Waals surface area contributed by atoms with Gasteiger partial charge in [0.15, 0.2) is 0 Å². The van der Waals surface area contributed by atoms with Crippen LogP contribution < -0.4 is 0 Å². The van der Waals surface area contributed by atoms with Crippen LogP contribution in [0.25, 0.3) is 5.76 Å². The number of hydrogen-bond donors (Lipinski definition) is 1. The number of ketones is 1.